The molecule has 0 radical (unpaired) electrons. The first-order valence-corrected chi connectivity index (χ1v) is 6.63. The number of nitrogens with zero attached hydrogens (tertiary/aromatic N) is 1. The summed E-state index contributed by atoms with van der Waals surface area (Å²) in [4.78, 5) is 28.3. The average molecular weight is 264 g/mol. The standard InChI is InChI=1S/C14H20N2O3/c1-8-5-4-6-16(7-8)13(17)11-9(2)12(14(18)19)15-10(11)3/h8,15H,4-7H2,1-3H3,(H,18,19). The molecule has 5 nitrogen and oxygen atoms in total. The van der Waals surface area contributed by atoms with Crippen LogP contribution in [0.25, 0.3) is 0 Å². The Bertz CT molecular complexity index is 519. The van der Waals surface area contributed by atoms with E-state index in [4.69, 9.17) is 5.11 Å². The Morgan fingerprint density at radius 1 is 1.37 bits per heavy atom. The fourth-order valence-electron chi connectivity index (χ4n) is 2.82. The van der Waals surface area contributed by atoms with Crippen molar-refractivity contribution in [2.45, 2.75) is 33.6 Å². The molecule has 0 aliphatic carbocycles. The van der Waals surface area contributed by atoms with E-state index in [9.17, 15) is 9.59 Å². The summed E-state index contributed by atoms with van der Waals surface area (Å²) in [5.41, 5.74) is 1.81. The van der Waals surface area contributed by atoms with Crippen molar-refractivity contribution in [2.24, 2.45) is 5.92 Å². The van der Waals surface area contributed by atoms with Crippen molar-refractivity contribution < 1.29 is 14.7 Å². The molecule has 1 saturated heterocycles. The van der Waals surface area contributed by atoms with E-state index < -0.39 is 5.97 Å². The number of amides is 1. The van der Waals surface area contributed by atoms with Crippen LogP contribution in [-0.2, 0) is 0 Å². The van der Waals surface area contributed by atoms with E-state index in [1.54, 1.807) is 13.8 Å². The molecule has 104 valence electrons. The van der Waals surface area contributed by atoms with Gasteiger partial charge in [0.25, 0.3) is 5.91 Å². The first kappa shape index (κ1) is 13.6. The summed E-state index contributed by atoms with van der Waals surface area (Å²) < 4.78 is 0. The highest BCUT2D eigenvalue weighted by Crippen LogP contribution is 2.23. The van der Waals surface area contributed by atoms with Crippen molar-refractivity contribution in [1.82, 2.24) is 9.88 Å². The molecule has 1 fully saturated rings. The van der Waals surface area contributed by atoms with Crippen molar-refractivity contribution in [3.05, 3.63) is 22.5 Å². The summed E-state index contributed by atoms with van der Waals surface area (Å²) in [5, 5.41) is 9.08. The number of carbonyl (C=O) groups excluding carboxylic acids is 1. The van der Waals surface area contributed by atoms with E-state index in [0.717, 1.165) is 25.9 Å². The van der Waals surface area contributed by atoms with Gasteiger partial charge in [-0.1, -0.05) is 6.92 Å². The first-order valence-electron chi connectivity index (χ1n) is 6.63. The number of hydrogen-bond donors (Lipinski definition) is 2. The maximum atomic E-state index is 12.5. The van der Waals surface area contributed by atoms with Crippen LogP contribution in [0.2, 0.25) is 0 Å². The van der Waals surface area contributed by atoms with Crippen molar-refractivity contribution in [2.75, 3.05) is 13.1 Å². The molecule has 0 spiro atoms. The van der Waals surface area contributed by atoms with Gasteiger partial charge in [-0.3, -0.25) is 4.79 Å². The molecular weight excluding hydrogens is 244 g/mol. The first-order chi connectivity index (χ1) is 8.91. The van der Waals surface area contributed by atoms with Gasteiger partial charge in [0, 0.05) is 18.8 Å². The third kappa shape index (κ3) is 2.50. The molecule has 1 amide bonds. The molecule has 2 N–H and O–H groups in total. The highest BCUT2D eigenvalue weighted by atomic mass is 16.4. The Morgan fingerprint density at radius 3 is 2.58 bits per heavy atom. The zero-order valence-electron chi connectivity index (χ0n) is 11.6. The van der Waals surface area contributed by atoms with E-state index in [2.05, 4.69) is 11.9 Å². The molecule has 0 bridgehead atoms. The summed E-state index contributed by atoms with van der Waals surface area (Å²) in [5.74, 6) is -0.562. The molecule has 1 aliphatic heterocycles. The Balaban J connectivity index is 2.31. The van der Waals surface area contributed by atoms with E-state index in [1.807, 2.05) is 4.90 Å². The third-order valence-electron chi connectivity index (χ3n) is 3.81. The maximum Gasteiger partial charge on any atom is 0.352 e. The van der Waals surface area contributed by atoms with E-state index in [0.29, 0.717) is 22.7 Å². The molecule has 0 saturated carbocycles. The molecule has 1 aromatic rings. The largest absolute Gasteiger partial charge is 0.477 e. The van der Waals surface area contributed by atoms with Crippen LogP contribution in [-0.4, -0.2) is 40.0 Å². The van der Waals surface area contributed by atoms with Gasteiger partial charge < -0.3 is 15.0 Å². The Kier molecular flexibility index (Phi) is 3.64. The van der Waals surface area contributed by atoms with E-state index in [-0.39, 0.29) is 11.6 Å². The van der Waals surface area contributed by atoms with Gasteiger partial charge in [-0.05, 0) is 38.2 Å². The lowest BCUT2D eigenvalue weighted by Crippen LogP contribution is -2.39. The van der Waals surface area contributed by atoms with Crippen LogP contribution in [0.3, 0.4) is 0 Å². The number of carboxylic acids is 1. The number of aromatic amines is 1. The molecule has 1 unspecified atom stereocenters. The van der Waals surface area contributed by atoms with Gasteiger partial charge in [0.15, 0.2) is 0 Å². The van der Waals surface area contributed by atoms with Gasteiger partial charge in [0.2, 0.25) is 0 Å². The van der Waals surface area contributed by atoms with Crippen molar-refractivity contribution in [3.63, 3.8) is 0 Å². The normalized spacial score (nSPS) is 19.5. The maximum absolute atomic E-state index is 12.5. The van der Waals surface area contributed by atoms with Crippen LogP contribution < -0.4 is 0 Å². The van der Waals surface area contributed by atoms with Crippen LogP contribution in [0.1, 0.15) is 51.9 Å². The quantitative estimate of drug-likeness (QED) is 0.860. The SMILES string of the molecule is Cc1[nH]c(C(=O)O)c(C)c1C(=O)N1CCCC(C)C1. The van der Waals surface area contributed by atoms with Crippen LogP contribution >= 0.6 is 0 Å². The molecule has 5 heteroatoms. The molecular formula is C14H20N2O3. The molecule has 2 rings (SSSR count). The average Bonchev–Trinajstić information content (AvgIpc) is 2.64. The fraction of sp³-hybridized carbons (Fsp3) is 0.571. The predicted octanol–water partition coefficient (Wildman–Crippen LogP) is 2.20. The monoisotopic (exact) mass is 264 g/mol. The number of piperidine rings is 1. The van der Waals surface area contributed by atoms with Gasteiger partial charge in [0.05, 0.1) is 5.56 Å². The topological polar surface area (TPSA) is 73.4 Å². The van der Waals surface area contributed by atoms with Crippen molar-refractivity contribution >= 4 is 11.9 Å². The molecule has 1 aromatic heterocycles. The van der Waals surface area contributed by atoms with Gasteiger partial charge >= 0.3 is 5.97 Å². The van der Waals surface area contributed by atoms with Gasteiger partial charge in [-0.2, -0.15) is 0 Å². The van der Waals surface area contributed by atoms with Crippen LogP contribution in [0, 0.1) is 19.8 Å². The minimum Gasteiger partial charge on any atom is -0.477 e. The number of aryl methyl sites for hydroxylation is 1. The molecule has 2 heterocycles. The smallest absolute Gasteiger partial charge is 0.352 e. The Hall–Kier alpha value is -1.78. The van der Waals surface area contributed by atoms with Gasteiger partial charge in [-0.25, -0.2) is 4.79 Å². The highest BCUT2D eigenvalue weighted by Gasteiger charge is 2.27. The molecule has 19 heavy (non-hydrogen) atoms. The second kappa shape index (κ2) is 5.07. The van der Waals surface area contributed by atoms with Crippen LogP contribution in [0.15, 0.2) is 0 Å². The number of carboxylic acid groups (broad SMARTS) is 1. The minimum atomic E-state index is -1.02. The van der Waals surface area contributed by atoms with Gasteiger partial charge in [-0.15, -0.1) is 0 Å². The van der Waals surface area contributed by atoms with Crippen molar-refractivity contribution in [3.8, 4) is 0 Å². The lowest BCUT2D eigenvalue weighted by Gasteiger charge is -2.31. The number of nitrogens with one attached hydrogen (secondary N) is 1. The Morgan fingerprint density at radius 2 is 2.05 bits per heavy atom. The molecule has 1 aliphatic rings. The fourth-order valence-corrected chi connectivity index (χ4v) is 2.82. The molecule has 1 atom stereocenters. The zero-order chi connectivity index (χ0) is 14.2. The summed E-state index contributed by atoms with van der Waals surface area (Å²) >= 11 is 0. The number of hydrogen-bond acceptors (Lipinski definition) is 2. The molecule has 0 aromatic carbocycles. The summed E-state index contributed by atoms with van der Waals surface area (Å²) in [7, 11) is 0. The van der Waals surface area contributed by atoms with Crippen LogP contribution in [0.5, 0.6) is 0 Å². The number of aromatic nitrogens is 1. The summed E-state index contributed by atoms with van der Waals surface area (Å²) in [6, 6.07) is 0. The van der Waals surface area contributed by atoms with Crippen LogP contribution in [0.4, 0.5) is 0 Å². The number of H-pyrrole nitrogens is 1. The third-order valence-corrected chi connectivity index (χ3v) is 3.81. The summed E-state index contributed by atoms with van der Waals surface area (Å²) in [6.45, 7) is 7.09. The number of carbonyl (C=O) groups is 2. The van der Waals surface area contributed by atoms with E-state index in [1.165, 1.54) is 0 Å². The predicted molar refractivity (Wildman–Crippen MR) is 71.5 cm³/mol. The second-order valence-corrected chi connectivity index (χ2v) is 5.43. The second-order valence-electron chi connectivity index (χ2n) is 5.43. The lowest BCUT2D eigenvalue weighted by molar-refractivity contribution is 0.0681. The number of rotatable bonds is 2. The van der Waals surface area contributed by atoms with Gasteiger partial charge in [0.1, 0.15) is 5.69 Å². The lowest BCUT2D eigenvalue weighted by atomic mass is 9.99. The van der Waals surface area contributed by atoms with E-state index >= 15 is 0 Å². The Labute approximate surface area is 112 Å². The van der Waals surface area contributed by atoms with Crippen molar-refractivity contribution in [1.29, 1.82) is 0 Å². The number of aromatic carboxylic acids is 1. The zero-order valence-corrected chi connectivity index (χ0v) is 11.6. The number of likely N-dealkylation sites (tertiary alicyclic amines) is 1. The highest BCUT2D eigenvalue weighted by molar-refractivity contribution is 6.00. The summed E-state index contributed by atoms with van der Waals surface area (Å²) in [6.07, 6.45) is 2.16. The minimum absolute atomic E-state index is 0.0506.